The maximum atomic E-state index is 5.04. The van der Waals surface area contributed by atoms with E-state index in [-0.39, 0.29) is 0 Å². The molecule has 0 aliphatic heterocycles. The number of rotatable bonds is 8. The predicted molar refractivity (Wildman–Crippen MR) is 65.5 cm³/mol. The molecule has 0 fully saturated rings. The minimum absolute atomic E-state index is 0.527. The Kier molecular flexibility index (Phi) is 6.11. The summed E-state index contributed by atoms with van der Waals surface area (Å²) in [6.07, 6.45) is 6.15. The summed E-state index contributed by atoms with van der Waals surface area (Å²) in [6, 6.07) is 0.527. The van der Waals surface area contributed by atoms with Crippen molar-refractivity contribution in [3.8, 4) is 0 Å². The van der Waals surface area contributed by atoms with Gasteiger partial charge in [-0.3, -0.25) is 4.68 Å². The van der Waals surface area contributed by atoms with Gasteiger partial charge in [0.05, 0.1) is 6.20 Å². The van der Waals surface area contributed by atoms with Crippen molar-refractivity contribution in [2.45, 2.75) is 39.3 Å². The van der Waals surface area contributed by atoms with Gasteiger partial charge in [0.25, 0.3) is 0 Å². The molecule has 1 atom stereocenters. The van der Waals surface area contributed by atoms with Gasteiger partial charge in [0, 0.05) is 32.5 Å². The molecule has 0 aliphatic carbocycles. The topological polar surface area (TPSA) is 39.1 Å². The van der Waals surface area contributed by atoms with E-state index in [0.29, 0.717) is 6.04 Å². The van der Waals surface area contributed by atoms with Crippen molar-refractivity contribution < 1.29 is 4.74 Å². The van der Waals surface area contributed by atoms with E-state index in [1.807, 2.05) is 10.9 Å². The molecule has 1 unspecified atom stereocenters. The van der Waals surface area contributed by atoms with Crippen molar-refractivity contribution in [3.05, 3.63) is 18.0 Å². The summed E-state index contributed by atoms with van der Waals surface area (Å²) >= 11 is 0. The molecular weight excluding hydrogens is 202 g/mol. The van der Waals surface area contributed by atoms with E-state index in [4.69, 9.17) is 4.74 Å². The fraction of sp³-hybridized carbons (Fsp3) is 0.750. The van der Waals surface area contributed by atoms with Crippen LogP contribution in [-0.2, 0) is 11.3 Å². The molecule has 1 aromatic rings. The first kappa shape index (κ1) is 13.2. The Labute approximate surface area is 98.0 Å². The molecule has 1 heterocycles. The van der Waals surface area contributed by atoms with Crippen LogP contribution in [0.1, 0.15) is 25.3 Å². The number of aromatic nitrogens is 2. The monoisotopic (exact) mass is 225 g/mol. The summed E-state index contributed by atoms with van der Waals surface area (Å²) in [5, 5.41) is 7.72. The SMILES string of the molecule is COCCC(C)NCCCn1cc(C)cn1. The van der Waals surface area contributed by atoms with Crippen LogP contribution in [0.25, 0.3) is 0 Å². The Morgan fingerprint density at radius 3 is 3.00 bits per heavy atom. The molecule has 0 bridgehead atoms. The minimum Gasteiger partial charge on any atom is -0.385 e. The van der Waals surface area contributed by atoms with Gasteiger partial charge in [-0.15, -0.1) is 0 Å². The van der Waals surface area contributed by atoms with Crippen molar-refractivity contribution >= 4 is 0 Å². The zero-order chi connectivity index (χ0) is 11.8. The number of ether oxygens (including phenoxy) is 1. The van der Waals surface area contributed by atoms with Crippen LogP contribution in [0.3, 0.4) is 0 Å². The summed E-state index contributed by atoms with van der Waals surface area (Å²) in [5.41, 5.74) is 1.22. The molecule has 0 amide bonds. The van der Waals surface area contributed by atoms with Crippen molar-refractivity contribution in [1.29, 1.82) is 0 Å². The molecule has 0 aliphatic rings. The number of methoxy groups -OCH3 is 1. The molecule has 1 rings (SSSR count). The average Bonchev–Trinajstić information content (AvgIpc) is 2.67. The third-order valence-corrected chi connectivity index (χ3v) is 2.57. The highest BCUT2D eigenvalue weighted by Gasteiger charge is 2.00. The van der Waals surface area contributed by atoms with Crippen molar-refractivity contribution in [1.82, 2.24) is 15.1 Å². The second-order valence-corrected chi connectivity index (χ2v) is 4.27. The molecule has 0 spiro atoms. The third-order valence-electron chi connectivity index (χ3n) is 2.57. The Morgan fingerprint density at radius 2 is 2.38 bits per heavy atom. The van der Waals surface area contributed by atoms with Crippen LogP contribution in [-0.4, -0.2) is 36.1 Å². The highest BCUT2D eigenvalue weighted by Crippen LogP contribution is 1.96. The van der Waals surface area contributed by atoms with Crippen LogP contribution in [0.5, 0.6) is 0 Å². The van der Waals surface area contributed by atoms with Crippen LogP contribution >= 0.6 is 0 Å². The molecule has 1 aromatic heterocycles. The Hall–Kier alpha value is -0.870. The molecule has 0 aromatic carbocycles. The molecule has 92 valence electrons. The van der Waals surface area contributed by atoms with E-state index in [2.05, 4.69) is 30.5 Å². The molecule has 1 N–H and O–H groups in total. The predicted octanol–water partition coefficient (Wildman–Crippen LogP) is 1.60. The Balaban J connectivity index is 2.03. The average molecular weight is 225 g/mol. The lowest BCUT2D eigenvalue weighted by atomic mass is 10.2. The molecule has 16 heavy (non-hydrogen) atoms. The molecule has 0 saturated heterocycles. The van der Waals surface area contributed by atoms with Gasteiger partial charge in [-0.25, -0.2) is 0 Å². The molecule has 0 radical (unpaired) electrons. The van der Waals surface area contributed by atoms with Crippen LogP contribution in [0.15, 0.2) is 12.4 Å². The maximum absolute atomic E-state index is 5.04. The van der Waals surface area contributed by atoms with Gasteiger partial charge >= 0.3 is 0 Å². The van der Waals surface area contributed by atoms with Gasteiger partial charge in [0.15, 0.2) is 0 Å². The van der Waals surface area contributed by atoms with E-state index >= 15 is 0 Å². The number of nitrogens with zero attached hydrogens (tertiary/aromatic N) is 2. The zero-order valence-electron chi connectivity index (χ0n) is 10.6. The highest BCUT2D eigenvalue weighted by atomic mass is 16.5. The smallest absolute Gasteiger partial charge is 0.0518 e. The largest absolute Gasteiger partial charge is 0.385 e. The lowest BCUT2D eigenvalue weighted by molar-refractivity contribution is 0.185. The first-order valence-electron chi connectivity index (χ1n) is 5.93. The van der Waals surface area contributed by atoms with Crippen LogP contribution in [0.4, 0.5) is 0 Å². The third kappa shape index (κ3) is 5.28. The molecular formula is C12H23N3O. The van der Waals surface area contributed by atoms with E-state index in [1.54, 1.807) is 7.11 Å². The Bertz CT molecular complexity index is 286. The van der Waals surface area contributed by atoms with Crippen LogP contribution in [0.2, 0.25) is 0 Å². The van der Waals surface area contributed by atoms with E-state index < -0.39 is 0 Å². The van der Waals surface area contributed by atoms with Gasteiger partial charge in [-0.1, -0.05) is 0 Å². The number of hydrogen-bond acceptors (Lipinski definition) is 3. The standard InChI is InChI=1S/C12H23N3O/c1-11-9-14-15(10-11)7-4-6-13-12(2)5-8-16-3/h9-10,12-13H,4-8H2,1-3H3. The lowest BCUT2D eigenvalue weighted by Gasteiger charge is -2.12. The second kappa shape index (κ2) is 7.41. The molecule has 0 saturated carbocycles. The summed E-state index contributed by atoms with van der Waals surface area (Å²) < 4.78 is 7.03. The fourth-order valence-corrected chi connectivity index (χ4v) is 1.58. The quantitative estimate of drug-likeness (QED) is 0.683. The minimum atomic E-state index is 0.527. The van der Waals surface area contributed by atoms with Crippen LogP contribution < -0.4 is 5.32 Å². The Morgan fingerprint density at radius 1 is 1.56 bits per heavy atom. The number of nitrogens with one attached hydrogen (secondary N) is 1. The summed E-state index contributed by atoms with van der Waals surface area (Å²) in [5.74, 6) is 0. The van der Waals surface area contributed by atoms with E-state index in [1.165, 1.54) is 5.56 Å². The van der Waals surface area contributed by atoms with Gasteiger partial charge in [0.1, 0.15) is 0 Å². The van der Waals surface area contributed by atoms with Crippen LogP contribution in [0, 0.1) is 6.92 Å². The first-order valence-corrected chi connectivity index (χ1v) is 5.93. The maximum Gasteiger partial charge on any atom is 0.0518 e. The molecule has 4 nitrogen and oxygen atoms in total. The van der Waals surface area contributed by atoms with Gasteiger partial charge in [-0.2, -0.15) is 5.10 Å². The summed E-state index contributed by atoms with van der Waals surface area (Å²) in [4.78, 5) is 0. The van der Waals surface area contributed by atoms with Crippen molar-refractivity contribution in [2.24, 2.45) is 0 Å². The van der Waals surface area contributed by atoms with Gasteiger partial charge in [-0.05, 0) is 38.8 Å². The summed E-state index contributed by atoms with van der Waals surface area (Å²) in [6.45, 7) is 7.10. The second-order valence-electron chi connectivity index (χ2n) is 4.27. The van der Waals surface area contributed by atoms with Crippen molar-refractivity contribution in [3.63, 3.8) is 0 Å². The normalized spacial score (nSPS) is 12.9. The zero-order valence-corrected chi connectivity index (χ0v) is 10.6. The van der Waals surface area contributed by atoms with Gasteiger partial charge < -0.3 is 10.1 Å². The number of hydrogen-bond donors (Lipinski definition) is 1. The molecule has 4 heteroatoms. The first-order chi connectivity index (χ1) is 7.72. The van der Waals surface area contributed by atoms with E-state index in [0.717, 1.165) is 32.5 Å². The van der Waals surface area contributed by atoms with Gasteiger partial charge in [0.2, 0.25) is 0 Å². The fourth-order valence-electron chi connectivity index (χ4n) is 1.58. The summed E-state index contributed by atoms with van der Waals surface area (Å²) in [7, 11) is 1.74. The lowest BCUT2D eigenvalue weighted by Crippen LogP contribution is -2.28. The number of aryl methyl sites for hydroxylation is 2. The highest BCUT2D eigenvalue weighted by molar-refractivity contribution is 4.99. The van der Waals surface area contributed by atoms with E-state index in [9.17, 15) is 0 Å². The van der Waals surface area contributed by atoms with Crippen molar-refractivity contribution in [2.75, 3.05) is 20.3 Å².